The summed E-state index contributed by atoms with van der Waals surface area (Å²) in [5, 5.41) is 11.6. The molecule has 0 bridgehead atoms. The third-order valence-electron chi connectivity index (χ3n) is 8.23. The molecule has 9 nitrogen and oxygen atoms in total. The van der Waals surface area contributed by atoms with Gasteiger partial charge in [-0.1, -0.05) is 39.0 Å². The van der Waals surface area contributed by atoms with Crippen LogP contribution in [0.4, 0.5) is 4.39 Å². The van der Waals surface area contributed by atoms with Crippen LogP contribution in [-0.4, -0.2) is 32.0 Å². The molecule has 1 unspecified atom stereocenters. The Hall–Kier alpha value is -4.77. The second-order valence-corrected chi connectivity index (χ2v) is 13.2. The van der Waals surface area contributed by atoms with E-state index in [1.165, 1.54) is 23.5 Å². The molecule has 46 heavy (non-hydrogen) atoms. The first-order chi connectivity index (χ1) is 22.1. The Morgan fingerprint density at radius 2 is 1.83 bits per heavy atom. The van der Waals surface area contributed by atoms with E-state index >= 15 is 0 Å². The molecule has 5 aromatic rings. The van der Waals surface area contributed by atoms with Gasteiger partial charge in [0.2, 0.25) is 11.8 Å². The highest BCUT2D eigenvalue weighted by atomic mass is 32.1. The van der Waals surface area contributed by atoms with Gasteiger partial charge < -0.3 is 15.5 Å². The number of thiophene rings is 1. The van der Waals surface area contributed by atoms with Gasteiger partial charge in [0.1, 0.15) is 5.82 Å². The molecule has 4 heterocycles. The minimum absolute atomic E-state index is 0.0662. The van der Waals surface area contributed by atoms with Crippen molar-refractivity contribution < 1.29 is 18.4 Å². The molecule has 1 aromatic carbocycles. The summed E-state index contributed by atoms with van der Waals surface area (Å²) in [6.07, 6.45) is 4.29. The number of hydrogen-bond acceptors (Lipinski definition) is 8. The summed E-state index contributed by atoms with van der Waals surface area (Å²) in [4.78, 5) is 37.4. The predicted molar refractivity (Wildman–Crippen MR) is 174 cm³/mol. The summed E-state index contributed by atoms with van der Waals surface area (Å²) in [6, 6.07) is 13.7. The molecule has 11 heteroatoms. The zero-order valence-electron chi connectivity index (χ0n) is 26.1. The fourth-order valence-corrected chi connectivity index (χ4v) is 7.06. The molecule has 2 atom stereocenters. The van der Waals surface area contributed by atoms with Crippen molar-refractivity contribution in [3.8, 4) is 21.9 Å². The highest BCUT2D eigenvalue weighted by Gasteiger charge is 2.31. The highest BCUT2D eigenvalue weighted by molar-refractivity contribution is 7.17. The predicted octanol–water partition coefficient (Wildman–Crippen LogP) is 6.76. The lowest BCUT2D eigenvalue weighted by atomic mass is 9.88. The van der Waals surface area contributed by atoms with Gasteiger partial charge in [0.05, 0.1) is 33.4 Å². The second-order valence-electron chi connectivity index (χ2n) is 12.1. The van der Waals surface area contributed by atoms with Gasteiger partial charge in [0.15, 0.2) is 0 Å². The molecule has 0 fully saturated rings. The average molecular weight is 639 g/mol. The summed E-state index contributed by atoms with van der Waals surface area (Å²) in [6.45, 7) is 7.82. The van der Waals surface area contributed by atoms with Crippen molar-refractivity contribution in [1.29, 1.82) is 0 Å². The Kier molecular flexibility index (Phi) is 8.77. The number of amides is 2. The van der Waals surface area contributed by atoms with Gasteiger partial charge in [-0.15, -0.1) is 21.5 Å². The molecule has 3 N–H and O–H groups in total. The number of nitrogens with two attached hydrogens (primary N) is 1. The maximum absolute atomic E-state index is 13.7. The van der Waals surface area contributed by atoms with Crippen molar-refractivity contribution in [2.24, 2.45) is 11.7 Å². The molecule has 2 amide bonds. The molecule has 236 valence electrons. The van der Waals surface area contributed by atoms with E-state index in [0.717, 1.165) is 29.7 Å². The normalized spacial score (nSPS) is 14.8. The summed E-state index contributed by atoms with van der Waals surface area (Å²) in [5.74, 6) is -0.500. The number of carbonyl (C=O) groups is 2. The van der Waals surface area contributed by atoms with Crippen molar-refractivity contribution in [2.45, 2.75) is 65.3 Å². The number of aryl methyl sites for hydroxylation is 2. The van der Waals surface area contributed by atoms with E-state index in [2.05, 4.69) is 20.5 Å². The van der Waals surface area contributed by atoms with E-state index in [-0.39, 0.29) is 41.1 Å². The summed E-state index contributed by atoms with van der Waals surface area (Å²) in [5.41, 5.74) is 11.6. The number of carbonyl (C=O) groups excluding carboxylic acids is 2. The van der Waals surface area contributed by atoms with E-state index in [0.29, 0.717) is 51.0 Å². The molecule has 4 aromatic heterocycles. The fraction of sp³-hybridized carbons (Fsp3) is 0.314. The third kappa shape index (κ3) is 6.32. The van der Waals surface area contributed by atoms with Crippen LogP contribution in [0, 0.1) is 18.7 Å². The van der Waals surface area contributed by atoms with E-state index in [9.17, 15) is 14.0 Å². The average Bonchev–Trinajstić information content (AvgIpc) is 3.77. The topological polar surface area (TPSA) is 137 Å². The SMILES string of the molecule is Cc1nnc(-c2c(C[C@H](C)c3ccc(F)cc3)nc(CC(C)C)c(C(N)=O)c2-c2ccc(C(=O)NC3CCc4ncccc43)s2)o1. The van der Waals surface area contributed by atoms with Crippen LogP contribution in [0.5, 0.6) is 0 Å². The van der Waals surface area contributed by atoms with Crippen molar-refractivity contribution in [3.63, 3.8) is 0 Å². The molecule has 0 spiro atoms. The monoisotopic (exact) mass is 638 g/mol. The van der Waals surface area contributed by atoms with Gasteiger partial charge in [-0.2, -0.15) is 0 Å². The van der Waals surface area contributed by atoms with Crippen LogP contribution in [0.25, 0.3) is 21.9 Å². The number of fused-ring (bicyclic) bond motifs is 1. The zero-order valence-corrected chi connectivity index (χ0v) is 27.0. The zero-order chi connectivity index (χ0) is 32.5. The molecule has 1 aliphatic rings. The first-order valence-electron chi connectivity index (χ1n) is 15.3. The van der Waals surface area contributed by atoms with Gasteiger partial charge in [0.25, 0.3) is 11.8 Å². The minimum Gasteiger partial charge on any atom is -0.421 e. The largest absolute Gasteiger partial charge is 0.421 e. The lowest BCUT2D eigenvalue weighted by molar-refractivity contribution is 0.0939. The van der Waals surface area contributed by atoms with Gasteiger partial charge in [-0.25, -0.2) is 4.39 Å². The van der Waals surface area contributed by atoms with Gasteiger partial charge >= 0.3 is 0 Å². The van der Waals surface area contributed by atoms with E-state index in [4.69, 9.17) is 15.1 Å². The number of benzene rings is 1. The van der Waals surface area contributed by atoms with Crippen LogP contribution < -0.4 is 11.1 Å². The second kappa shape index (κ2) is 12.9. The molecule has 1 aliphatic carbocycles. The molecule has 6 rings (SSSR count). The van der Waals surface area contributed by atoms with Crippen LogP contribution in [-0.2, 0) is 19.3 Å². The molecular formula is C35H35FN6O3S. The highest BCUT2D eigenvalue weighted by Crippen LogP contribution is 2.43. The number of hydrogen-bond donors (Lipinski definition) is 2. The first kappa shape index (κ1) is 31.2. The van der Waals surface area contributed by atoms with Gasteiger partial charge in [0, 0.05) is 29.3 Å². The van der Waals surface area contributed by atoms with Crippen molar-refractivity contribution in [3.05, 3.63) is 105 Å². The molecule has 0 aliphatic heterocycles. The number of primary amides is 1. The Bertz CT molecular complexity index is 1920. The standard InChI is InChI=1S/C35H35FN6O3S/c1-18(2)16-26-30(33(37)43)32(28-13-14-29(46-28)34(44)40-25-12-11-24-23(25)6-5-15-38-24)31(35-42-41-20(4)45-35)27(39-26)17-19(3)21-7-9-22(36)10-8-21/h5-10,13-15,18-19,25H,11-12,16-17H2,1-4H3,(H2,37,43)(H,40,44)/t19-,25?/m0/s1. The van der Waals surface area contributed by atoms with Crippen LogP contribution in [0.3, 0.4) is 0 Å². The Morgan fingerprint density at radius 3 is 2.52 bits per heavy atom. The first-order valence-corrected chi connectivity index (χ1v) is 16.2. The molecular weight excluding hydrogens is 603 g/mol. The number of pyridine rings is 2. The minimum atomic E-state index is -0.636. The fourth-order valence-electron chi connectivity index (χ4n) is 6.10. The molecule has 0 saturated carbocycles. The Morgan fingerprint density at radius 1 is 1.04 bits per heavy atom. The number of nitrogens with zero attached hydrogens (tertiary/aromatic N) is 4. The Labute approximate surface area is 270 Å². The maximum atomic E-state index is 13.7. The Balaban J connectivity index is 1.48. The summed E-state index contributed by atoms with van der Waals surface area (Å²) >= 11 is 1.26. The van der Waals surface area contributed by atoms with E-state index in [1.807, 2.05) is 39.0 Å². The smallest absolute Gasteiger partial charge is 0.261 e. The number of rotatable bonds is 10. The van der Waals surface area contributed by atoms with E-state index < -0.39 is 5.91 Å². The van der Waals surface area contributed by atoms with Crippen LogP contribution in [0.1, 0.15) is 93.3 Å². The van der Waals surface area contributed by atoms with Crippen molar-refractivity contribution in [2.75, 3.05) is 0 Å². The molecule has 0 radical (unpaired) electrons. The summed E-state index contributed by atoms with van der Waals surface area (Å²) in [7, 11) is 0. The quantitative estimate of drug-likeness (QED) is 0.172. The summed E-state index contributed by atoms with van der Waals surface area (Å²) < 4.78 is 19.7. The molecule has 0 saturated heterocycles. The number of aromatic nitrogens is 4. The lowest BCUT2D eigenvalue weighted by Gasteiger charge is -2.21. The van der Waals surface area contributed by atoms with Gasteiger partial charge in [-0.05, 0) is 79.0 Å². The number of nitrogens with one attached hydrogen (secondary N) is 1. The number of halogens is 1. The maximum Gasteiger partial charge on any atom is 0.261 e. The van der Waals surface area contributed by atoms with Gasteiger partial charge in [-0.3, -0.25) is 19.6 Å². The van der Waals surface area contributed by atoms with Crippen molar-refractivity contribution in [1.82, 2.24) is 25.5 Å². The van der Waals surface area contributed by atoms with Crippen LogP contribution in [0.2, 0.25) is 0 Å². The van der Waals surface area contributed by atoms with Crippen molar-refractivity contribution >= 4 is 23.2 Å². The van der Waals surface area contributed by atoms with E-state index in [1.54, 1.807) is 31.3 Å². The third-order valence-corrected chi connectivity index (χ3v) is 9.33. The van der Waals surface area contributed by atoms with Crippen LogP contribution >= 0.6 is 11.3 Å². The lowest BCUT2D eigenvalue weighted by Crippen LogP contribution is -2.26. The van der Waals surface area contributed by atoms with Crippen LogP contribution in [0.15, 0.2) is 59.1 Å².